The quantitative estimate of drug-likeness (QED) is 0.797. The van der Waals surface area contributed by atoms with E-state index in [2.05, 4.69) is 15.8 Å². The predicted molar refractivity (Wildman–Crippen MR) is 93.1 cm³/mol. The fraction of sp³-hybridized carbons (Fsp3) is 0.438. The van der Waals surface area contributed by atoms with Crippen LogP contribution >= 0.6 is 23.2 Å². The van der Waals surface area contributed by atoms with Crippen molar-refractivity contribution in [1.82, 2.24) is 5.43 Å². The first-order valence-electron chi connectivity index (χ1n) is 7.30. The summed E-state index contributed by atoms with van der Waals surface area (Å²) >= 11 is 11.7. The van der Waals surface area contributed by atoms with Gasteiger partial charge in [0.05, 0.1) is 11.1 Å². The molecular weight excluding hydrogens is 337 g/mol. The molecule has 0 fully saturated rings. The van der Waals surface area contributed by atoms with Crippen molar-refractivity contribution in [2.45, 2.75) is 20.3 Å². The zero-order valence-electron chi connectivity index (χ0n) is 13.0. The number of nitrogens with one attached hydrogen (secondary N) is 2. The molecule has 1 aliphatic rings. The number of hydrazone groups is 1. The van der Waals surface area contributed by atoms with E-state index < -0.39 is 5.41 Å². The lowest BCUT2D eigenvalue weighted by Crippen LogP contribution is -2.36. The minimum atomic E-state index is -0.811. The first-order chi connectivity index (χ1) is 10.9. The number of hydrogen-bond donors (Lipinski definition) is 2. The van der Waals surface area contributed by atoms with E-state index in [9.17, 15) is 9.59 Å². The van der Waals surface area contributed by atoms with E-state index in [4.69, 9.17) is 23.2 Å². The Morgan fingerprint density at radius 1 is 1.35 bits per heavy atom. The van der Waals surface area contributed by atoms with Crippen LogP contribution < -0.4 is 10.7 Å². The zero-order chi connectivity index (χ0) is 17.0. The molecule has 2 N–H and O–H groups in total. The summed E-state index contributed by atoms with van der Waals surface area (Å²) < 4.78 is 0. The number of alkyl halides is 2. The van der Waals surface area contributed by atoms with E-state index in [-0.39, 0.29) is 29.5 Å². The van der Waals surface area contributed by atoms with Crippen LogP contribution in [0.25, 0.3) is 0 Å². The van der Waals surface area contributed by atoms with Gasteiger partial charge < -0.3 is 5.32 Å². The topological polar surface area (TPSA) is 70.6 Å². The molecule has 7 heteroatoms. The van der Waals surface area contributed by atoms with Gasteiger partial charge in [-0.1, -0.05) is 19.1 Å². The van der Waals surface area contributed by atoms with Crippen LogP contribution in [0.3, 0.4) is 0 Å². The summed E-state index contributed by atoms with van der Waals surface area (Å²) in [6.45, 7) is 3.68. The van der Waals surface area contributed by atoms with Crippen molar-refractivity contribution in [3.8, 4) is 0 Å². The minimum Gasteiger partial charge on any atom is -0.326 e. The summed E-state index contributed by atoms with van der Waals surface area (Å²) in [6.07, 6.45) is 0.418. The molecule has 1 aromatic carbocycles. The summed E-state index contributed by atoms with van der Waals surface area (Å²) in [5.74, 6) is 0.0560. The number of amides is 2. The molecule has 124 valence electrons. The summed E-state index contributed by atoms with van der Waals surface area (Å²) in [7, 11) is 0. The van der Waals surface area contributed by atoms with Gasteiger partial charge in [0.25, 0.3) is 0 Å². The number of benzene rings is 1. The molecule has 1 heterocycles. The lowest BCUT2D eigenvalue weighted by atomic mass is 9.93. The van der Waals surface area contributed by atoms with Gasteiger partial charge >= 0.3 is 0 Å². The minimum absolute atomic E-state index is 0.0555. The van der Waals surface area contributed by atoms with E-state index in [1.54, 1.807) is 19.1 Å². The smallest absolute Gasteiger partial charge is 0.240 e. The van der Waals surface area contributed by atoms with Gasteiger partial charge in [-0.05, 0) is 24.6 Å². The second-order valence-electron chi connectivity index (χ2n) is 6.00. The molecule has 23 heavy (non-hydrogen) atoms. The second kappa shape index (κ2) is 7.32. The molecule has 1 unspecified atom stereocenters. The number of carbonyl (C=O) groups excluding carboxylic acids is 2. The average molecular weight is 356 g/mol. The Balaban J connectivity index is 2.11. The van der Waals surface area contributed by atoms with Crippen molar-refractivity contribution in [2.24, 2.45) is 16.4 Å². The lowest BCUT2D eigenvalue weighted by Gasteiger charge is -2.23. The van der Waals surface area contributed by atoms with Gasteiger partial charge in [-0.3, -0.25) is 9.59 Å². The van der Waals surface area contributed by atoms with Gasteiger partial charge in [-0.2, -0.15) is 5.10 Å². The van der Waals surface area contributed by atoms with Crippen molar-refractivity contribution in [3.63, 3.8) is 0 Å². The average Bonchev–Trinajstić information content (AvgIpc) is 2.55. The van der Waals surface area contributed by atoms with E-state index in [0.29, 0.717) is 12.1 Å². The fourth-order valence-electron chi connectivity index (χ4n) is 2.17. The van der Waals surface area contributed by atoms with Crippen LogP contribution in [0.4, 0.5) is 5.69 Å². The van der Waals surface area contributed by atoms with E-state index >= 15 is 0 Å². The second-order valence-corrected chi connectivity index (χ2v) is 6.53. The predicted octanol–water partition coefficient (Wildman–Crippen LogP) is 2.97. The van der Waals surface area contributed by atoms with Crippen LogP contribution in [-0.4, -0.2) is 29.3 Å². The Labute approximate surface area is 145 Å². The molecule has 0 spiro atoms. The first-order valence-corrected chi connectivity index (χ1v) is 8.37. The molecular formula is C16H19Cl2N3O2. The molecule has 0 radical (unpaired) electrons. The van der Waals surface area contributed by atoms with Gasteiger partial charge in [-0.25, -0.2) is 5.43 Å². The molecule has 0 saturated carbocycles. The third kappa shape index (κ3) is 4.03. The van der Waals surface area contributed by atoms with Crippen molar-refractivity contribution in [1.29, 1.82) is 0 Å². The molecule has 1 aliphatic heterocycles. The Morgan fingerprint density at radius 2 is 1.96 bits per heavy atom. The number of rotatable bonds is 5. The maximum Gasteiger partial charge on any atom is 0.240 e. The van der Waals surface area contributed by atoms with Crippen LogP contribution in [0.5, 0.6) is 0 Å². The number of anilines is 1. The summed E-state index contributed by atoms with van der Waals surface area (Å²) in [4.78, 5) is 23.5. The highest BCUT2D eigenvalue weighted by molar-refractivity contribution is 6.24. The highest BCUT2D eigenvalue weighted by atomic mass is 35.5. The first kappa shape index (κ1) is 17.8. The van der Waals surface area contributed by atoms with Crippen LogP contribution in [0.2, 0.25) is 0 Å². The third-order valence-corrected chi connectivity index (χ3v) is 5.02. The van der Waals surface area contributed by atoms with Crippen LogP contribution in [0.1, 0.15) is 25.8 Å². The number of carbonyl (C=O) groups is 2. The highest BCUT2D eigenvalue weighted by Crippen LogP contribution is 2.24. The molecule has 0 aliphatic carbocycles. The van der Waals surface area contributed by atoms with Crippen molar-refractivity contribution < 1.29 is 9.59 Å². The van der Waals surface area contributed by atoms with Gasteiger partial charge in [-0.15, -0.1) is 23.2 Å². The molecule has 0 bridgehead atoms. The van der Waals surface area contributed by atoms with Crippen molar-refractivity contribution in [2.75, 3.05) is 17.1 Å². The largest absolute Gasteiger partial charge is 0.326 e. The summed E-state index contributed by atoms with van der Waals surface area (Å²) in [5, 5.41) is 6.93. The van der Waals surface area contributed by atoms with Crippen molar-refractivity contribution >= 4 is 46.4 Å². The lowest BCUT2D eigenvalue weighted by molar-refractivity contribution is -0.123. The number of nitrogens with zero attached hydrogens (tertiary/aromatic N) is 1. The highest BCUT2D eigenvalue weighted by Gasteiger charge is 2.31. The standard InChI is InChI=1S/C16H19Cl2N3O2/c1-10-7-13(22)20-21-14(10)11-3-5-12(6-4-11)19-15(23)16(2,8-17)9-18/h3-6,10H,7-9H2,1-2H3,(H,19,23)(H,20,22). The Morgan fingerprint density at radius 3 is 2.48 bits per heavy atom. The molecule has 0 saturated heterocycles. The number of hydrogen-bond acceptors (Lipinski definition) is 3. The Bertz CT molecular complexity index is 625. The maximum atomic E-state index is 12.2. The van der Waals surface area contributed by atoms with Gasteiger partial charge in [0.15, 0.2) is 0 Å². The maximum absolute atomic E-state index is 12.2. The monoisotopic (exact) mass is 355 g/mol. The molecule has 0 aromatic heterocycles. The van der Waals surface area contributed by atoms with E-state index in [1.165, 1.54) is 0 Å². The van der Waals surface area contributed by atoms with Gasteiger partial charge in [0.2, 0.25) is 11.8 Å². The van der Waals surface area contributed by atoms with Crippen LogP contribution in [0.15, 0.2) is 29.4 Å². The van der Waals surface area contributed by atoms with Gasteiger partial charge in [0, 0.05) is 29.8 Å². The SMILES string of the molecule is CC1CC(=O)NN=C1c1ccc(NC(=O)C(C)(CCl)CCl)cc1. The van der Waals surface area contributed by atoms with Crippen molar-refractivity contribution in [3.05, 3.63) is 29.8 Å². The normalized spacial score (nSPS) is 18.2. The number of halogens is 2. The molecule has 1 atom stereocenters. The Hall–Kier alpha value is -1.59. The summed E-state index contributed by atoms with van der Waals surface area (Å²) in [5.41, 5.74) is 4.08. The van der Waals surface area contributed by atoms with Crippen LogP contribution in [-0.2, 0) is 9.59 Å². The molecule has 2 rings (SSSR count). The summed E-state index contributed by atoms with van der Waals surface area (Å²) in [6, 6.07) is 7.31. The fourth-order valence-corrected chi connectivity index (χ4v) is 2.69. The Kier molecular flexibility index (Phi) is 5.65. The molecule has 2 amide bonds. The van der Waals surface area contributed by atoms with Gasteiger partial charge in [0.1, 0.15) is 0 Å². The van der Waals surface area contributed by atoms with E-state index in [0.717, 1.165) is 11.3 Å². The van der Waals surface area contributed by atoms with E-state index in [1.807, 2.05) is 19.1 Å². The van der Waals surface area contributed by atoms with Crippen LogP contribution in [0, 0.1) is 11.3 Å². The zero-order valence-corrected chi connectivity index (χ0v) is 14.5. The third-order valence-electron chi connectivity index (χ3n) is 3.84. The molecule has 1 aromatic rings. The molecule has 5 nitrogen and oxygen atoms in total.